The molecule has 1 aromatic heterocycles. The smallest absolute Gasteiger partial charge is 0.357 e. The van der Waals surface area contributed by atoms with Crippen LogP contribution >= 0.6 is 0 Å². The Labute approximate surface area is 170 Å². The number of aliphatic imine (C=N–C) groups is 1. The number of likely N-dealkylation sites (N-methyl/N-ethyl adjacent to an activating group) is 1. The summed E-state index contributed by atoms with van der Waals surface area (Å²) >= 11 is 0. The number of aromatic nitrogens is 2. The van der Waals surface area contributed by atoms with E-state index in [0.29, 0.717) is 25.6 Å². The summed E-state index contributed by atoms with van der Waals surface area (Å²) in [6.07, 6.45) is -0.521. The van der Waals surface area contributed by atoms with E-state index in [9.17, 15) is 13.2 Å². The fourth-order valence-corrected chi connectivity index (χ4v) is 2.97. The van der Waals surface area contributed by atoms with Crippen molar-refractivity contribution in [3.8, 4) is 0 Å². The lowest BCUT2D eigenvalue weighted by molar-refractivity contribution is -0.137. The normalized spacial score (nSPS) is 13.6. The Hall–Kier alpha value is -2.55. The monoisotopic (exact) mass is 410 g/mol. The molecule has 9 heteroatoms. The quantitative estimate of drug-likeness (QED) is 0.563. The summed E-state index contributed by atoms with van der Waals surface area (Å²) in [4.78, 5) is 8.73. The molecule has 29 heavy (non-hydrogen) atoms. The van der Waals surface area contributed by atoms with Crippen LogP contribution in [0.4, 0.5) is 13.2 Å². The van der Waals surface area contributed by atoms with Crippen LogP contribution in [0.1, 0.15) is 29.7 Å². The molecule has 0 saturated heterocycles. The first kappa shape index (κ1) is 22.7. The average Bonchev–Trinajstić information content (AvgIpc) is 3.06. The van der Waals surface area contributed by atoms with Crippen LogP contribution in [0, 0.1) is 0 Å². The molecule has 2 rings (SSSR count). The van der Waals surface area contributed by atoms with E-state index in [1.54, 1.807) is 4.68 Å². The zero-order chi connectivity index (χ0) is 21.6. The summed E-state index contributed by atoms with van der Waals surface area (Å²) in [5.74, 6) is 0.697. The lowest BCUT2D eigenvalue weighted by Gasteiger charge is -2.25. The number of benzene rings is 1. The van der Waals surface area contributed by atoms with Crippen LogP contribution in [0.5, 0.6) is 0 Å². The number of rotatable bonds is 7. The molecule has 0 saturated carbocycles. The molecular formula is C20H29F3N6. The van der Waals surface area contributed by atoms with Crippen molar-refractivity contribution in [2.45, 2.75) is 25.7 Å². The predicted molar refractivity (Wildman–Crippen MR) is 109 cm³/mol. The molecule has 0 aliphatic heterocycles. The maximum absolute atomic E-state index is 12.7. The van der Waals surface area contributed by atoms with Gasteiger partial charge in [0.05, 0.1) is 24.3 Å². The van der Waals surface area contributed by atoms with Crippen LogP contribution in [-0.4, -0.2) is 59.8 Å². The fourth-order valence-electron chi connectivity index (χ4n) is 2.97. The second kappa shape index (κ2) is 9.78. The van der Waals surface area contributed by atoms with Crippen molar-refractivity contribution in [1.82, 2.24) is 24.9 Å². The predicted octanol–water partition coefficient (Wildman–Crippen LogP) is 3.14. The molecule has 1 heterocycles. The number of halogens is 3. The van der Waals surface area contributed by atoms with Gasteiger partial charge in [-0.05, 0) is 38.7 Å². The Morgan fingerprint density at radius 2 is 1.86 bits per heavy atom. The number of nitrogens with one attached hydrogen (secondary N) is 1. The Bertz CT molecular complexity index is 795. The van der Waals surface area contributed by atoms with Crippen LogP contribution in [0.3, 0.4) is 0 Å². The number of guanidine groups is 1. The Morgan fingerprint density at radius 3 is 2.34 bits per heavy atom. The maximum Gasteiger partial charge on any atom is 0.416 e. The third-order valence-electron chi connectivity index (χ3n) is 4.54. The van der Waals surface area contributed by atoms with Gasteiger partial charge in [0.1, 0.15) is 0 Å². The van der Waals surface area contributed by atoms with Crippen LogP contribution in [-0.2, 0) is 19.8 Å². The number of alkyl halides is 3. The Kier molecular flexibility index (Phi) is 7.66. The van der Waals surface area contributed by atoms with Crippen molar-refractivity contribution < 1.29 is 13.2 Å². The molecule has 1 aromatic carbocycles. The molecule has 6 nitrogen and oxygen atoms in total. The van der Waals surface area contributed by atoms with Crippen molar-refractivity contribution in [3.05, 3.63) is 53.3 Å². The van der Waals surface area contributed by atoms with Crippen molar-refractivity contribution >= 4 is 5.96 Å². The van der Waals surface area contributed by atoms with Gasteiger partial charge in [-0.2, -0.15) is 18.3 Å². The maximum atomic E-state index is 12.7. The van der Waals surface area contributed by atoms with Crippen LogP contribution in [0.15, 0.2) is 41.7 Å². The first-order valence-corrected chi connectivity index (χ1v) is 9.42. The number of hydrogen-bond acceptors (Lipinski definition) is 3. The van der Waals surface area contributed by atoms with Gasteiger partial charge < -0.3 is 15.1 Å². The molecule has 0 fully saturated rings. The van der Waals surface area contributed by atoms with Gasteiger partial charge in [-0.3, -0.25) is 9.67 Å². The highest BCUT2D eigenvalue weighted by atomic mass is 19.4. The van der Waals surface area contributed by atoms with Gasteiger partial charge in [0.25, 0.3) is 0 Å². The summed E-state index contributed by atoms with van der Waals surface area (Å²) < 4.78 is 40.0. The van der Waals surface area contributed by atoms with Crippen molar-refractivity contribution in [3.63, 3.8) is 0 Å². The first-order valence-electron chi connectivity index (χ1n) is 9.42. The molecular weight excluding hydrogens is 381 g/mol. The van der Waals surface area contributed by atoms with Gasteiger partial charge in [0.15, 0.2) is 5.96 Å². The largest absolute Gasteiger partial charge is 0.416 e. The van der Waals surface area contributed by atoms with Crippen molar-refractivity contribution in [1.29, 1.82) is 0 Å². The standard InChI is InChI=1S/C20H29F3N6/c1-6-24-19(25-12-18(27(2)3)16-11-26-29(5)14-16)28(4)13-15-7-9-17(10-8-15)20(21,22)23/h7-11,14,18H,6,12-13H2,1-5H3,(H,24,25). The van der Waals surface area contributed by atoms with Gasteiger partial charge in [0, 0.05) is 38.9 Å². The zero-order valence-electron chi connectivity index (χ0n) is 17.5. The van der Waals surface area contributed by atoms with Gasteiger partial charge in [0.2, 0.25) is 0 Å². The van der Waals surface area contributed by atoms with Crippen LogP contribution < -0.4 is 5.32 Å². The summed E-state index contributed by atoms with van der Waals surface area (Å²) in [7, 11) is 7.73. The molecule has 0 spiro atoms. The van der Waals surface area contributed by atoms with Crippen molar-refractivity contribution in [2.75, 3.05) is 34.2 Å². The van der Waals surface area contributed by atoms with Gasteiger partial charge >= 0.3 is 6.18 Å². The molecule has 0 radical (unpaired) electrons. The van der Waals surface area contributed by atoms with Crippen LogP contribution in [0.2, 0.25) is 0 Å². The number of hydrogen-bond donors (Lipinski definition) is 1. The Morgan fingerprint density at radius 1 is 1.21 bits per heavy atom. The lowest BCUT2D eigenvalue weighted by Crippen LogP contribution is -2.39. The van der Waals surface area contributed by atoms with E-state index in [0.717, 1.165) is 23.3 Å². The van der Waals surface area contributed by atoms with Gasteiger partial charge in [-0.1, -0.05) is 12.1 Å². The van der Waals surface area contributed by atoms with E-state index in [-0.39, 0.29) is 6.04 Å². The van der Waals surface area contributed by atoms with E-state index in [1.807, 2.05) is 52.4 Å². The van der Waals surface area contributed by atoms with E-state index < -0.39 is 11.7 Å². The second-order valence-electron chi connectivity index (χ2n) is 7.17. The number of nitrogens with zero attached hydrogens (tertiary/aromatic N) is 5. The SMILES string of the molecule is CCNC(=NCC(c1cnn(C)c1)N(C)C)N(C)Cc1ccc(C(F)(F)F)cc1. The molecule has 1 N–H and O–H groups in total. The fraction of sp³-hybridized carbons (Fsp3) is 0.500. The summed E-state index contributed by atoms with van der Waals surface area (Å²) in [6.45, 7) is 3.64. The van der Waals surface area contributed by atoms with E-state index in [4.69, 9.17) is 4.99 Å². The molecule has 0 amide bonds. The topological polar surface area (TPSA) is 48.7 Å². The van der Waals surface area contributed by atoms with E-state index >= 15 is 0 Å². The van der Waals surface area contributed by atoms with E-state index in [2.05, 4.69) is 15.3 Å². The van der Waals surface area contributed by atoms with Crippen molar-refractivity contribution in [2.24, 2.45) is 12.0 Å². The molecule has 0 bridgehead atoms. The molecule has 160 valence electrons. The second-order valence-corrected chi connectivity index (χ2v) is 7.17. The summed E-state index contributed by atoms with van der Waals surface area (Å²) in [5.41, 5.74) is 1.21. The molecule has 0 aliphatic rings. The lowest BCUT2D eigenvalue weighted by atomic mass is 10.1. The minimum atomic E-state index is -4.33. The highest BCUT2D eigenvalue weighted by Crippen LogP contribution is 2.29. The molecule has 2 aromatic rings. The highest BCUT2D eigenvalue weighted by molar-refractivity contribution is 5.79. The molecule has 1 unspecified atom stereocenters. The third-order valence-corrected chi connectivity index (χ3v) is 4.54. The average molecular weight is 410 g/mol. The minimum absolute atomic E-state index is 0.0665. The molecule has 0 aliphatic carbocycles. The summed E-state index contributed by atoms with van der Waals surface area (Å²) in [5, 5.41) is 7.48. The van der Waals surface area contributed by atoms with Crippen LogP contribution in [0.25, 0.3) is 0 Å². The van der Waals surface area contributed by atoms with Gasteiger partial charge in [-0.25, -0.2) is 0 Å². The first-order chi connectivity index (χ1) is 13.6. The molecule has 1 atom stereocenters. The van der Waals surface area contributed by atoms with E-state index in [1.165, 1.54) is 12.1 Å². The highest BCUT2D eigenvalue weighted by Gasteiger charge is 2.30. The summed E-state index contributed by atoms with van der Waals surface area (Å²) in [6, 6.07) is 5.29. The van der Waals surface area contributed by atoms with Gasteiger partial charge in [-0.15, -0.1) is 0 Å². The number of aryl methyl sites for hydroxylation is 1. The Balaban J connectivity index is 2.12. The minimum Gasteiger partial charge on any atom is -0.357 e. The zero-order valence-corrected chi connectivity index (χ0v) is 17.5. The third kappa shape index (κ3) is 6.49.